The summed E-state index contributed by atoms with van der Waals surface area (Å²) in [6.07, 6.45) is -4.58. The monoisotopic (exact) mass is 562 g/mol. The van der Waals surface area contributed by atoms with E-state index in [1.54, 1.807) is 35.2 Å². The molecule has 1 aliphatic carbocycles. The molecule has 2 atom stereocenters. The smallest absolute Gasteiger partial charge is 0.327 e. The summed E-state index contributed by atoms with van der Waals surface area (Å²) >= 11 is 0. The molecule has 40 heavy (non-hydrogen) atoms. The second kappa shape index (κ2) is 10.2. The van der Waals surface area contributed by atoms with Crippen LogP contribution in [0.2, 0.25) is 0 Å². The van der Waals surface area contributed by atoms with Gasteiger partial charge in [0, 0.05) is 51.8 Å². The van der Waals surface area contributed by atoms with Gasteiger partial charge in [-0.2, -0.15) is 13.2 Å². The van der Waals surface area contributed by atoms with E-state index in [1.807, 2.05) is 13.8 Å². The first-order valence-electron chi connectivity index (χ1n) is 12.8. The summed E-state index contributed by atoms with van der Waals surface area (Å²) in [7, 11) is 1.28. The fourth-order valence-corrected chi connectivity index (χ4v) is 5.42. The lowest BCUT2D eigenvalue weighted by molar-refractivity contribution is -0.203. The first-order chi connectivity index (χ1) is 18.9. The predicted molar refractivity (Wildman–Crippen MR) is 139 cm³/mol. The molecule has 11 nitrogen and oxygen atoms in total. The molecule has 2 aromatic rings. The molecule has 0 bridgehead atoms. The molecular weight excluding hydrogens is 533 g/mol. The molecule has 1 saturated heterocycles. The average molecular weight is 563 g/mol. The lowest BCUT2D eigenvalue weighted by atomic mass is 10.1. The van der Waals surface area contributed by atoms with Crippen LogP contribution in [-0.2, 0) is 23.1 Å². The van der Waals surface area contributed by atoms with E-state index in [0.29, 0.717) is 42.4 Å². The van der Waals surface area contributed by atoms with Gasteiger partial charge in [-0.25, -0.2) is 14.2 Å². The minimum absolute atomic E-state index is 0.0658. The van der Waals surface area contributed by atoms with E-state index in [0.717, 1.165) is 14.7 Å². The number of Topliss-reactive ketones (excluding diaryl/α,β-unsaturated/α-hetero) is 1. The molecule has 1 aromatic heterocycles. The van der Waals surface area contributed by atoms with Crippen LogP contribution in [0.3, 0.4) is 0 Å². The molecule has 0 amide bonds. The average Bonchev–Trinajstić information content (AvgIpc) is 3.41. The van der Waals surface area contributed by atoms with Crippen LogP contribution in [0.15, 0.2) is 45.5 Å². The number of aromatic nitrogens is 2. The molecule has 1 fully saturated rings. The summed E-state index contributed by atoms with van der Waals surface area (Å²) in [6.45, 7) is 5.45. The number of benzene rings is 1. The molecule has 214 valence electrons. The number of ketones is 1. The summed E-state index contributed by atoms with van der Waals surface area (Å²) in [5.41, 5.74) is 0.0681. The summed E-state index contributed by atoms with van der Waals surface area (Å²) in [5.74, 6) is -3.18. The second-order valence-corrected chi connectivity index (χ2v) is 10.2. The molecular formula is C26H29F3N6O5. The topological polar surface area (TPSA) is 109 Å². The maximum atomic E-state index is 14.1. The van der Waals surface area contributed by atoms with Crippen LogP contribution in [0.4, 0.5) is 24.7 Å². The minimum Gasteiger partial charge on any atom is -0.327 e. The zero-order valence-corrected chi connectivity index (χ0v) is 22.2. The number of allylic oxidation sites excluding steroid dienone is 1. The van der Waals surface area contributed by atoms with Crippen LogP contribution in [0.25, 0.3) is 0 Å². The van der Waals surface area contributed by atoms with Gasteiger partial charge in [0.25, 0.3) is 5.56 Å². The Balaban J connectivity index is 1.72. The van der Waals surface area contributed by atoms with Crippen molar-refractivity contribution in [1.82, 2.24) is 19.4 Å². The number of rotatable bonds is 5. The van der Waals surface area contributed by atoms with Gasteiger partial charge in [0.15, 0.2) is 23.6 Å². The van der Waals surface area contributed by atoms with Gasteiger partial charge in [-0.05, 0) is 19.4 Å². The van der Waals surface area contributed by atoms with Gasteiger partial charge in [-0.1, -0.05) is 35.9 Å². The van der Waals surface area contributed by atoms with Crippen LogP contribution in [0.1, 0.15) is 35.8 Å². The Morgan fingerprint density at radius 2 is 1.80 bits per heavy atom. The maximum absolute atomic E-state index is 14.1. The highest BCUT2D eigenvalue weighted by atomic mass is 19.4. The number of hydrogen-bond donors (Lipinski definition) is 1. The highest BCUT2D eigenvalue weighted by Crippen LogP contribution is 2.39. The summed E-state index contributed by atoms with van der Waals surface area (Å²) in [5, 5.41) is 3.86. The third-order valence-electron chi connectivity index (χ3n) is 7.33. The molecule has 0 radical (unpaired) electrons. The standard InChI is InChI=1S/C26H29F3N6O5/c1-15(2)8-11-33-19-21(35(40-23(38)26(27,28)29)24(33)32-12-9-30-10-13-32)31(3)25(39)34(22(19)37)18-14-16-6-4-5-7-17(16)20(18)36/h4-8,18,24,30H,9-14H2,1-3H3. The Labute approximate surface area is 227 Å². The van der Waals surface area contributed by atoms with Gasteiger partial charge in [0.2, 0.25) is 0 Å². The van der Waals surface area contributed by atoms with Gasteiger partial charge in [-0.15, -0.1) is 5.06 Å². The molecule has 3 aliphatic rings. The molecule has 3 heterocycles. The molecule has 0 spiro atoms. The molecule has 5 rings (SSSR count). The Bertz CT molecular complexity index is 1500. The van der Waals surface area contributed by atoms with Crippen LogP contribution in [0.5, 0.6) is 0 Å². The van der Waals surface area contributed by atoms with Crippen LogP contribution >= 0.6 is 0 Å². The molecule has 2 aliphatic heterocycles. The summed E-state index contributed by atoms with van der Waals surface area (Å²) < 4.78 is 42.0. The van der Waals surface area contributed by atoms with Crippen molar-refractivity contribution in [2.75, 3.05) is 42.7 Å². The molecule has 1 N–H and O–H groups in total. The molecule has 0 saturated carbocycles. The van der Waals surface area contributed by atoms with Crippen LogP contribution < -0.4 is 26.5 Å². The number of nitrogens with one attached hydrogen (secondary N) is 1. The van der Waals surface area contributed by atoms with Crippen molar-refractivity contribution in [3.8, 4) is 0 Å². The van der Waals surface area contributed by atoms with E-state index in [9.17, 15) is 32.3 Å². The van der Waals surface area contributed by atoms with Gasteiger partial charge >= 0.3 is 17.8 Å². The Morgan fingerprint density at radius 3 is 2.42 bits per heavy atom. The highest BCUT2D eigenvalue weighted by Gasteiger charge is 2.51. The van der Waals surface area contributed by atoms with Crippen LogP contribution in [-0.4, -0.2) is 71.0 Å². The predicted octanol–water partition coefficient (Wildman–Crippen LogP) is 1.33. The first-order valence-corrected chi connectivity index (χ1v) is 12.8. The Kier molecular flexibility index (Phi) is 7.08. The highest BCUT2D eigenvalue weighted by molar-refractivity contribution is 6.03. The van der Waals surface area contributed by atoms with Crippen molar-refractivity contribution < 1.29 is 27.6 Å². The number of hydroxylamine groups is 1. The van der Waals surface area contributed by atoms with Gasteiger partial charge < -0.3 is 15.1 Å². The quantitative estimate of drug-likeness (QED) is 0.540. The zero-order valence-electron chi connectivity index (χ0n) is 22.2. The van der Waals surface area contributed by atoms with Crippen molar-refractivity contribution in [3.63, 3.8) is 0 Å². The third kappa shape index (κ3) is 4.60. The van der Waals surface area contributed by atoms with E-state index in [-0.39, 0.29) is 24.5 Å². The third-order valence-corrected chi connectivity index (χ3v) is 7.33. The van der Waals surface area contributed by atoms with E-state index >= 15 is 0 Å². The number of carbonyl (C=O) groups is 2. The van der Waals surface area contributed by atoms with E-state index in [1.165, 1.54) is 11.9 Å². The number of fused-ring (bicyclic) bond motifs is 2. The SMILES string of the molecule is CC(C)=CCN1c2c(n(C)c(=O)n(C3Cc4ccccc4C3=O)c2=O)N(OC(=O)C(F)(F)F)C1N1CCNCC1. The fourth-order valence-electron chi connectivity index (χ4n) is 5.42. The number of carbonyl (C=O) groups excluding carboxylic acids is 2. The Hall–Kier alpha value is -3.91. The van der Waals surface area contributed by atoms with Crippen molar-refractivity contribution in [3.05, 3.63) is 67.9 Å². The van der Waals surface area contributed by atoms with Gasteiger partial charge in [0.1, 0.15) is 6.04 Å². The van der Waals surface area contributed by atoms with Gasteiger partial charge in [0.05, 0.1) is 0 Å². The van der Waals surface area contributed by atoms with Crippen molar-refractivity contribution in [2.45, 2.75) is 38.8 Å². The van der Waals surface area contributed by atoms with Crippen molar-refractivity contribution in [1.29, 1.82) is 0 Å². The Morgan fingerprint density at radius 1 is 1.12 bits per heavy atom. The minimum atomic E-state index is -5.32. The molecule has 1 aromatic carbocycles. The molecule has 2 unspecified atom stereocenters. The van der Waals surface area contributed by atoms with E-state index < -0.39 is 41.5 Å². The largest absolute Gasteiger partial charge is 0.493 e. The maximum Gasteiger partial charge on any atom is 0.493 e. The fraction of sp³-hybridized carbons (Fsp3) is 0.462. The summed E-state index contributed by atoms with van der Waals surface area (Å²) in [4.78, 5) is 61.4. The number of anilines is 2. The number of hydrogen-bond acceptors (Lipinski definition) is 9. The number of nitrogens with zero attached hydrogens (tertiary/aromatic N) is 5. The zero-order chi connectivity index (χ0) is 28.9. The van der Waals surface area contributed by atoms with Crippen LogP contribution in [0, 0.1) is 0 Å². The number of alkyl halides is 3. The second-order valence-electron chi connectivity index (χ2n) is 10.2. The van der Waals surface area contributed by atoms with Gasteiger partial charge in [-0.3, -0.25) is 19.1 Å². The summed E-state index contributed by atoms with van der Waals surface area (Å²) in [6, 6.07) is 5.69. The lowest BCUT2D eigenvalue weighted by Gasteiger charge is -2.40. The normalized spacial score (nSPS) is 20.9. The first kappa shape index (κ1) is 27.6. The van der Waals surface area contributed by atoms with Crippen molar-refractivity contribution >= 4 is 23.3 Å². The number of halogens is 3. The molecule has 14 heteroatoms. The lowest BCUT2D eigenvalue weighted by Crippen LogP contribution is -2.61. The van der Waals surface area contributed by atoms with E-state index in [4.69, 9.17) is 4.84 Å². The van der Waals surface area contributed by atoms with Crippen molar-refractivity contribution in [2.24, 2.45) is 7.05 Å². The number of piperazine rings is 1. The van der Waals surface area contributed by atoms with E-state index in [2.05, 4.69) is 5.32 Å².